The minimum atomic E-state index is -0.706. The van der Waals surface area contributed by atoms with Gasteiger partial charge in [-0.2, -0.15) is 0 Å². The molecule has 1 heterocycles. The van der Waals surface area contributed by atoms with Gasteiger partial charge in [0.1, 0.15) is 11.9 Å². The Balaban J connectivity index is 1.87. The van der Waals surface area contributed by atoms with Crippen LogP contribution in [0.15, 0.2) is 18.2 Å². The number of ether oxygens (including phenoxy) is 1. The van der Waals surface area contributed by atoms with Crippen molar-refractivity contribution in [2.45, 2.75) is 45.3 Å². The lowest BCUT2D eigenvalue weighted by molar-refractivity contribution is -0.135. The van der Waals surface area contributed by atoms with Crippen molar-refractivity contribution < 1.29 is 18.3 Å². The quantitative estimate of drug-likeness (QED) is 0.905. The highest BCUT2D eigenvalue weighted by atomic mass is 19.1. The van der Waals surface area contributed by atoms with Gasteiger partial charge in [0.25, 0.3) is 0 Å². The van der Waals surface area contributed by atoms with Crippen LogP contribution in [0.5, 0.6) is 5.75 Å². The number of halogens is 2. The fourth-order valence-corrected chi connectivity index (χ4v) is 2.65. The molecule has 0 spiro atoms. The van der Waals surface area contributed by atoms with Gasteiger partial charge in [0, 0.05) is 32.0 Å². The predicted octanol–water partition coefficient (Wildman–Crippen LogP) is 2.71. The van der Waals surface area contributed by atoms with Crippen LogP contribution in [0.25, 0.3) is 0 Å². The van der Waals surface area contributed by atoms with Crippen LogP contribution in [0.2, 0.25) is 0 Å². The number of carbonyl (C=O) groups is 1. The van der Waals surface area contributed by atoms with Crippen molar-refractivity contribution >= 4 is 5.91 Å². The second-order valence-corrected chi connectivity index (χ2v) is 6.13. The zero-order valence-corrected chi connectivity index (χ0v) is 13.6. The normalized spacial score (nSPS) is 18.6. The summed E-state index contributed by atoms with van der Waals surface area (Å²) >= 11 is 0. The van der Waals surface area contributed by atoms with E-state index in [1.165, 1.54) is 12.1 Å². The van der Waals surface area contributed by atoms with E-state index in [0.717, 1.165) is 12.5 Å². The lowest BCUT2D eigenvalue weighted by Crippen LogP contribution is -2.50. The Labute approximate surface area is 135 Å². The van der Waals surface area contributed by atoms with Gasteiger partial charge < -0.3 is 15.4 Å². The summed E-state index contributed by atoms with van der Waals surface area (Å²) in [5, 5.41) is 0. The summed E-state index contributed by atoms with van der Waals surface area (Å²) in [4.78, 5) is 14.1. The van der Waals surface area contributed by atoms with Gasteiger partial charge in [-0.15, -0.1) is 0 Å². The van der Waals surface area contributed by atoms with E-state index >= 15 is 0 Å². The average molecular weight is 326 g/mol. The summed E-state index contributed by atoms with van der Waals surface area (Å²) < 4.78 is 32.1. The zero-order chi connectivity index (χ0) is 17.0. The van der Waals surface area contributed by atoms with Crippen LogP contribution in [-0.4, -0.2) is 36.0 Å². The van der Waals surface area contributed by atoms with E-state index in [4.69, 9.17) is 10.5 Å². The third-order valence-corrected chi connectivity index (χ3v) is 4.48. The van der Waals surface area contributed by atoms with E-state index in [9.17, 15) is 13.6 Å². The fraction of sp³-hybridized carbons (Fsp3) is 0.588. The van der Waals surface area contributed by atoms with E-state index in [1.807, 2.05) is 13.8 Å². The Kier molecular flexibility index (Phi) is 5.93. The SMILES string of the molecule is CCC(C)C(N)C(=O)N1CCC(Oc2ccc(F)cc2F)CC1. The van der Waals surface area contributed by atoms with Crippen LogP contribution in [0.4, 0.5) is 8.78 Å². The highest BCUT2D eigenvalue weighted by molar-refractivity contribution is 5.82. The highest BCUT2D eigenvalue weighted by Crippen LogP contribution is 2.23. The van der Waals surface area contributed by atoms with Crippen LogP contribution < -0.4 is 10.5 Å². The number of nitrogens with two attached hydrogens (primary N) is 1. The Bertz CT molecular complexity index is 545. The van der Waals surface area contributed by atoms with E-state index in [-0.39, 0.29) is 23.7 Å². The molecule has 0 aromatic heterocycles. The molecule has 1 aliphatic rings. The molecule has 1 aliphatic heterocycles. The monoisotopic (exact) mass is 326 g/mol. The smallest absolute Gasteiger partial charge is 0.239 e. The molecule has 0 radical (unpaired) electrons. The molecule has 1 fully saturated rings. The van der Waals surface area contributed by atoms with Crippen LogP contribution in [0.3, 0.4) is 0 Å². The molecular formula is C17H24F2N2O2. The van der Waals surface area contributed by atoms with Crippen molar-refractivity contribution in [2.24, 2.45) is 11.7 Å². The molecule has 2 N–H and O–H groups in total. The second kappa shape index (κ2) is 7.73. The summed E-state index contributed by atoms with van der Waals surface area (Å²) in [5.41, 5.74) is 5.99. The standard InChI is InChI=1S/C17H24F2N2O2/c1-3-11(2)16(20)17(22)21-8-6-13(7-9-21)23-15-5-4-12(18)10-14(15)19/h4-5,10-11,13,16H,3,6-9,20H2,1-2H3. The fourth-order valence-electron chi connectivity index (χ4n) is 2.65. The molecule has 6 heteroatoms. The Morgan fingerprint density at radius 1 is 1.39 bits per heavy atom. The van der Waals surface area contributed by atoms with Crippen LogP contribution in [0.1, 0.15) is 33.1 Å². The molecule has 1 aromatic carbocycles. The molecule has 2 atom stereocenters. The first kappa shape index (κ1) is 17.7. The van der Waals surface area contributed by atoms with Crippen LogP contribution in [0, 0.1) is 17.6 Å². The van der Waals surface area contributed by atoms with Crippen LogP contribution in [-0.2, 0) is 4.79 Å². The molecule has 0 aliphatic carbocycles. The maximum absolute atomic E-state index is 13.6. The number of likely N-dealkylation sites (tertiary alicyclic amines) is 1. The molecule has 4 nitrogen and oxygen atoms in total. The van der Waals surface area contributed by atoms with E-state index < -0.39 is 17.7 Å². The van der Waals surface area contributed by atoms with Crippen LogP contribution >= 0.6 is 0 Å². The summed E-state index contributed by atoms with van der Waals surface area (Å²) in [5.74, 6) is -1.18. The van der Waals surface area contributed by atoms with E-state index in [2.05, 4.69) is 0 Å². The van der Waals surface area contributed by atoms with Gasteiger partial charge in [-0.25, -0.2) is 8.78 Å². The number of rotatable bonds is 5. The number of benzene rings is 1. The lowest BCUT2D eigenvalue weighted by Gasteiger charge is -2.34. The van der Waals surface area contributed by atoms with Crippen molar-refractivity contribution in [1.82, 2.24) is 4.90 Å². The van der Waals surface area contributed by atoms with Crippen molar-refractivity contribution in [3.05, 3.63) is 29.8 Å². The van der Waals surface area contributed by atoms with Gasteiger partial charge in [0.05, 0.1) is 6.04 Å². The van der Waals surface area contributed by atoms with Gasteiger partial charge >= 0.3 is 0 Å². The second-order valence-electron chi connectivity index (χ2n) is 6.13. The molecule has 1 saturated heterocycles. The Hall–Kier alpha value is -1.69. The maximum atomic E-state index is 13.6. The van der Waals surface area contributed by atoms with Gasteiger partial charge in [-0.3, -0.25) is 4.79 Å². The summed E-state index contributed by atoms with van der Waals surface area (Å²) in [6.07, 6.45) is 1.89. The maximum Gasteiger partial charge on any atom is 0.239 e. The minimum Gasteiger partial charge on any atom is -0.487 e. The molecule has 0 bridgehead atoms. The molecule has 1 amide bonds. The number of carbonyl (C=O) groups excluding carboxylic acids is 1. The average Bonchev–Trinajstić information content (AvgIpc) is 2.56. The largest absolute Gasteiger partial charge is 0.487 e. The number of hydrogen-bond donors (Lipinski definition) is 1. The number of nitrogens with zero attached hydrogens (tertiary/aromatic N) is 1. The first-order chi connectivity index (χ1) is 10.9. The Morgan fingerprint density at radius 2 is 2.04 bits per heavy atom. The molecule has 23 heavy (non-hydrogen) atoms. The summed E-state index contributed by atoms with van der Waals surface area (Å²) in [6.45, 7) is 5.05. The molecule has 128 valence electrons. The Morgan fingerprint density at radius 3 is 2.61 bits per heavy atom. The van der Waals surface area contributed by atoms with Gasteiger partial charge in [-0.05, 0) is 18.1 Å². The first-order valence-corrected chi connectivity index (χ1v) is 8.08. The van der Waals surface area contributed by atoms with E-state index in [1.54, 1.807) is 4.90 Å². The molecular weight excluding hydrogens is 302 g/mol. The molecule has 2 rings (SSSR count). The van der Waals surface area contributed by atoms with Gasteiger partial charge in [0.15, 0.2) is 11.6 Å². The van der Waals surface area contributed by atoms with Crippen molar-refractivity contribution in [3.8, 4) is 5.75 Å². The van der Waals surface area contributed by atoms with Crippen molar-refractivity contribution in [2.75, 3.05) is 13.1 Å². The summed E-state index contributed by atoms with van der Waals surface area (Å²) in [6, 6.07) is 2.79. The van der Waals surface area contributed by atoms with E-state index in [0.29, 0.717) is 25.9 Å². The predicted molar refractivity (Wildman–Crippen MR) is 84.0 cm³/mol. The number of amides is 1. The number of piperidine rings is 1. The summed E-state index contributed by atoms with van der Waals surface area (Å²) in [7, 11) is 0. The zero-order valence-electron chi connectivity index (χ0n) is 13.6. The minimum absolute atomic E-state index is 0.0363. The molecule has 2 unspecified atom stereocenters. The van der Waals surface area contributed by atoms with Gasteiger partial charge in [-0.1, -0.05) is 20.3 Å². The topological polar surface area (TPSA) is 55.6 Å². The first-order valence-electron chi connectivity index (χ1n) is 8.08. The molecule has 0 saturated carbocycles. The van der Waals surface area contributed by atoms with Crippen molar-refractivity contribution in [3.63, 3.8) is 0 Å². The third-order valence-electron chi connectivity index (χ3n) is 4.48. The highest BCUT2D eigenvalue weighted by Gasteiger charge is 2.29. The van der Waals surface area contributed by atoms with Gasteiger partial charge in [0.2, 0.25) is 5.91 Å². The third kappa shape index (κ3) is 4.41. The number of hydrogen-bond acceptors (Lipinski definition) is 3. The lowest BCUT2D eigenvalue weighted by atomic mass is 9.97. The van der Waals surface area contributed by atoms with Crippen molar-refractivity contribution in [1.29, 1.82) is 0 Å². The molecule has 1 aromatic rings.